The molecule has 0 fully saturated rings. The molecule has 2 aromatic carbocycles. The number of aromatic nitrogens is 2. The minimum absolute atomic E-state index is 0.672. The van der Waals surface area contributed by atoms with Crippen LogP contribution in [0.4, 0.5) is 0 Å². The molecule has 23 heavy (non-hydrogen) atoms. The summed E-state index contributed by atoms with van der Waals surface area (Å²) in [5, 5.41) is 2.70. The zero-order valence-electron chi connectivity index (χ0n) is 12.7. The summed E-state index contributed by atoms with van der Waals surface area (Å²) in [7, 11) is 0. The van der Waals surface area contributed by atoms with Crippen LogP contribution in [0.5, 0.6) is 0 Å². The fraction of sp³-hybridized carbons (Fsp3) is 0.222. The summed E-state index contributed by atoms with van der Waals surface area (Å²) >= 11 is 3.47. The lowest BCUT2D eigenvalue weighted by molar-refractivity contribution is -0.109. The Hall–Kier alpha value is -2.14. The Bertz CT molecular complexity index is 796. The third kappa shape index (κ3) is 3.79. The third-order valence-corrected chi connectivity index (χ3v) is 4.32. The van der Waals surface area contributed by atoms with Crippen molar-refractivity contribution < 1.29 is 4.79 Å². The Labute approximate surface area is 143 Å². The number of halogens is 1. The molecule has 118 valence electrons. The van der Waals surface area contributed by atoms with Gasteiger partial charge in [0.2, 0.25) is 6.41 Å². The molecule has 1 heterocycles. The Kier molecular flexibility index (Phi) is 5.08. The Morgan fingerprint density at radius 1 is 1.13 bits per heavy atom. The number of nitrogens with one attached hydrogen (secondary N) is 1. The molecule has 1 amide bonds. The number of nitrogens with zero attached hydrogens (tertiary/aromatic N) is 2. The number of rotatable bonds is 7. The van der Waals surface area contributed by atoms with Crippen molar-refractivity contribution in [1.82, 2.24) is 14.9 Å². The summed E-state index contributed by atoms with van der Waals surface area (Å²) < 4.78 is 3.34. The number of carbonyl (C=O) groups is 1. The molecule has 5 heteroatoms. The van der Waals surface area contributed by atoms with Crippen molar-refractivity contribution in [3.05, 3.63) is 64.4 Å². The van der Waals surface area contributed by atoms with E-state index in [1.165, 1.54) is 5.56 Å². The van der Waals surface area contributed by atoms with E-state index in [1.807, 2.05) is 18.2 Å². The minimum Gasteiger partial charge on any atom is -0.359 e. The smallest absolute Gasteiger partial charge is 0.207 e. The lowest BCUT2D eigenvalue weighted by atomic mass is 10.2. The molecule has 0 aliphatic rings. The van der Waals surface area contributed by atoms with Crippen molar-refractivity contribution in [3.63, 3.8) is 0 Å². The summed E-state index contributed by atoms with van der Waals surface area (Å²) in [6.07, 6.45) is 2.46. The van der Waals surface area contributed by atoms with E-state index in [0.29, 0.717) is 6.54 Å². The van der Waals surface area contributed by atoms with E-state index in [9.17, 15) is 4.79 Å². The van der Waals surface area contributed by atoms with Gasteiger partial charge in [0.25, 0.3) is 0 Å². The van der Waals surface area contributed by atoms with Crippen LogP contribution in [0.3, 0.4) is 0 Å². The summed E-state index contributed by atoms with van der Waals surface area (Å²) in [5.74, 6) is 1.06. The Morgan fingerprint density at radius 2 is 1.91 bits per heavy atom. The van der Waals surface area contributed by atoms with Crippen LogP contribution < -0.4 is 5.32 Å². The largest absolute Gasteiger partial charge is 0.359 e. The van der Waals surface area contributed by atoms with E-state index in [1.54, 1.807) is 0 Å². The number of hydrogen-bond donors (Lipinski definition) is 1. The topological polar surface area (TPSA) is 46.9 Å². The van der Waals surface area contributed by atoms with Gasteiger partial charge in [-0.05, 0) is 36.2 Å². The standard InChI is InChI=1S/C18H18BrN3O/c19-15-9-7-14(8-10-15)12-22-17-5-2-1-4-16(17)21-18(22)6-3-11-20-13-23/h1-2,4-5,7-10,13H,3,6,11-12H2,(H,20,23). The maximum atomic E-state index is 10.4. The number of benzene rings is 2. The van der Waals surface area contributed by atoms with E-state index in [-0.39, 0.29) is 0 Å². The summed E-state index contributed by atoms with van der Waals surface area (Å²) in [5.41, 5.74) is 3.40. The van der Waals surface area contributed by atoms with Crippen LogP contribution in [0.25, 0.3) is 11.0 Å². The number of aryl methyl sites for hydroxylation is 1. The van der Waals surface area contributed by atoms with Crippen LogP contribution in [-0.2, 0) is 17.8 Å². The molecular formula is C18H18BrN3O. The lowest BCUT2D eigenvalue weighted by Crippen LogP contribution is -2.14. The van der Waals surface area contributed by atoms with Crippen LogP contribution in [0, 0.1) is 0 Å². The first-order chi connectivity index (χ1) is 11.3. The molecule has 0 spiro atoms. The molecule has 0 atom stereocenters. The van der Waals surface area contributed by atoms with Crippen molar-refractivity contribution in [1.29, 1.82) is 0 Å². The molecule has 1 aromatic heterocycles. The molecule has 0 saturated heterocycles. The number of para-hydroxylation sites is 2. The van der Waals surface area contributed by atoms with Crippen molar-refractivity contribution in [2.75, 3.05) is 6.54 Å². The third-order valence-electron chi connectivity index (χ3n) is 3.79. The normalized spacial score (nSPS) is 10.8. The molecule has 3 rings (SSSR count). The van der Waals surface area contributed by atoms with Gasteiger partial charge in [0.05, 0.1) is 11.0 Å². The average molecular weight is 372 g/mol. The molecule has 1 N–H and O–H groups in total. The first-order valence-electron chi connectivity index (χ1n) is 7.63. The van der Waals surface area contributed by atoms with Gasteiger partial charge in [-0.3, -0.25) is 4.79 Å². The first kappa shape index (κ1) is 15.7. The van der Waals surface area contributed by atoms with Gasteiger partial charge >= 0.3 is 0 Å². The van der Waals surface area contributed by atoms with Gasteiger partial charge in [0.15, 0.2) is 0 Å². The molecule has 0 saturated carbocycles. The van der Waals surface area contributed by atoms with Crippen molar-refractivity contribution in [2.24, 2.45) is 0 Å². The maximum absolute atomic E-state index is 10.4. The second-order valence-corrected chi connectivity index (χ2v) is 6.32. The second kappa shape index (κ2) is 7.42. The van der Waals surface area contributed by atoms with Gasteiger partial charge in [-0.2, -0.15) is 0 Å². The first-order valence-corrected chi connectivity index (χ1v) is 8.43. The maximum Gasteiger partial charge on any atom is 0.207 e. The monoisotopic (exact) mass is 371 g/mol. The number of hydrogen-bond acceptors (Lipinski definition) is 2. The molecule has 3 aromatic rings. The lowest BCUT2D eigenvalue weighted by Gasteiger charge is -2.10. The fourth-order valence-electron chi connectivity index (χ4n) is 2.67. The average Bonchev–Trinajstić information content (AvgIpc) is 2.92. The fourth-order valence-corrected chi connectivity index (χ4v) is 2.94. The van der Waals surface area contributed by atoms with E-state index in [2.05, 4.69) is 56.1 Å². The summed E-state index contributed by atoms with van der Waals surface area (Å²) in [4.78, 5) is 15.1. The van der Waals surface area contributed by atoms with Gasteiger partial charge in [-0.25, -0.2) is 4.98 Å². The number of fused-ring (bicyclic) bond motifs is 1. The Morgan fingerprint density at radius 3 is 2.70 bits per heavy atom. The van der Waals surface area contributed by atoms with E-state index >= 15 is 0 Å². The van der Waals surface area contributed by atoms with Crippen LogP contribution >= 0.6 is 15.9 Å². The number of carbonyl (C=O) groups excluding carboxylic acids is 1. The van der Waals surface area contributed by atoms with E-state index in [0.717, 1.165) is 47.1 Å². The molecule has 0 bridgehead atoms. The van der Waals surface area contributed by atoms with E-state index in [4.69, 9.17) is 4.98 Å². The predicted molar refractivity (Wildman–Crippen MR) is 95.4 cm³/mol. The van der Waals surface area contributed by atoms with Crippen LogP contribution in [0.1, 0.15) is 17.8 Å². The summed E-state index contributed by atoms with van der Waals surface area (Å²) in [6, 6.07) is 16.6. The molecular weight excluding hydrogens is 354 g/mol. The predicted octanol–water partition coefficient (Wildman–Crippen LogP) is 3.53. The number of amides is 1. The number of imidazole rings is 1. The minimum atomic E-state index is 0.672. The Balaban J connectivity index is 1.88. The van der Waals surface area contributed by atoms with Gasteiger partial charge in [0, 0.05) is 24.0 Å². The van der Waals surface area contributed by atoms with Gasteiger partial charge in [-0.1, -0.05) is 40.2 Å². The highest BCUT2D eigenvalue weighted by atomic mass is 79.9. The van der Waals surface area contributed by atoms with Crippen LogP contribution in [-0.4, -0.2) is 22.5 Å². The molecule has 0 radical (unpaired) electrons. The van der Waals surface area contributed by atoms with Crippen LogP contribution in [0.15, 0.2) is 53.0 Å². The van der Waals surface area contributed by atoms with Crippen molar-refractivity contribution >= 4 is 33.4 Å². The van der Waals surface area contributed by atoms with Gasteiger partial charge in [0.1, 0.15) is 5.82 Å². The SMILES string of the molecule is O=CNCCCc1nc2ccccc2n1Cc1ccc(Br)cc1. The zero-order valence-corrected chi connectivity index (χ0v) is 14.3. The van der Waals surface area contributed by atoms with Crippen LogP contribution in [0.2, 0.25) is 0 Å². The van der Waals surface area contributed by atoms with Crippen molar-refractivity contribution in [2.45, 2.75) is 19.4 Å². The molecule has 4 nitrogen and oxygen atoms in total. The van der Waals surface area contributed by atoms with Gasteiger partial charge < -0.3 is 9.88 Å². The second-order valence-electron chi connectivity index (χ2n) is 5.40. The highest BCUT2D eigenvalue weighted by Crippen LogP contribution is 2.20. The molecule has 0 aliphatic heterocycles. The van der Waals surface area contributed by atoms with Crippen molar-refractivity contribution in [3.8, 4) is 0 Å². The highest BCUT2D eigenvalue weighted by Gasteiger charge is 2.10. The molecule has 0 aliphatic carbocycles. The molecule has 0 unspecified atom stereocenters. The zero-order chi connectivity index (χ0) is 16.1. The summed E-state index contributed by atoms with van der Waals surface area (Å²) in [6.45, 7) is 1.47. The quantitative estimate of drug-likeness (QED) is 0.510. The van der Waals surface area contributed by atoms with E-state index < -0.39 is 0 Å². The highest BCUT2D eigenvalue weighted by molar-refractivity contribution is 9.10. The van der Waals surface area contributed by atoms with Gasteiger partial charge in [-0.15, -0.1) is 0 Å².